The van der Waals surface area contributed by atoms with E-state index in [2.05, 4.69) is 52.1 Å². The number of hydrogen-bond donors (Lipinski definition) is 0. The van der Waals surface area contributed by atoms with Crippen LogP contribution >= 0.6 is 0 Å². The number of anilines is 1. The number of hydrogen-bond acceptors (Lipinski definition) is 5. The molecule has 5 rings (SSSR count). The number of ether oxygens (including phenoxy) is 1. The molecular formula is C26H28N4O2. The smallest absolute Gasteiger partial charge is 0.223 e. The van der Waals surface area contributed by atoms with Crippen molar-refractivity contribution in [2.75, 3.05) is 25.1 Å². The molecule has 2 aliphatic rings. The van der Waals surface area contributed by atoms with E-state index in [1.165, 1.54) is 16.8 Å². The zero-order valence-electron chi connectivity index (χ0n) is 18.8. The molecule has 6 heteroatoms. The number of aromatic nitrogens is 2. The maximum Gasteiger partial charge on any atom is 0.223 e. The van der Waals surface area contributed by atoms with Crippen molar-refractivity contribution in [1.29, 1.82) is 0 Å². The van der Waals surface area contributed by atoms with Gasteiger partial charge in [-0.15, -0.1) is 0 Å². The van der Waals surface area contributed by atoms with Crippen LogP contribution in [0.15, 0.2) is 48.7 Å². The average Bonchev–Trinajstić information content (AvgIpc) is 3.21. The number of nitrogens with zero attached hydrogens (tertiary/aromatic N) is 4. The zero-order chi connectivity index (χ0) is 22.2. The molecule has 0 aliphatic carbocycles. The van der Waals surface area contributed by atoms with Crippen LogP contribution < -0.4 is 9.64 Å². The van der Waals surface area contributed by atoms with Crippen LogP contribution in [0.4, 0.5) is 5.69 Å². The molecular weight excluding hydrogens is 400 g/mol. The summed E-state index contributed by atoms with van der Waals surface area (Å²) in [5, 5.41) is 0. The molecule has 1 saturated heterocycles. The number of carbonyl (C=O) groups is 1. The molecule has 0 atom stereocenters. The second kappa shape index (κ2) is 8.26. The lowest BCUT2D eigenvalue weighted by Gasteiger charge is -2.41. The quantitative estimate of drug-likeness (QED) is 0.611. The highest BCUT2D eigenvalue weighted by Gasteiger charge is 2.32. The number of pyridine rings is 2. The van der Waals surface area contributed by atoms with E-state index in [0.717, 1.165) is 35.6 Å². The zero-order valence-corrected chi connectivity index (χ0v) is 18.8. The minimum Gasteiger partial charge on any atom is -0.481 e. The van der Waals surface area contributed by atoms with Crippen molar-refractivity contribution in [2.45, 2.75) is 33.4 Å². The Morgan fingerprint density at radius 2 is 1.84 bits per heavy atom. The fourth-order valence-electron chi connectivity index (χ4n) is 4.74. The van der Waals surface area contributed by atoms with Crippen LogP contribution in [0.5, 0.6) is 5.88 Å². The van der Waals surface area contributed by atoms with Crippen molar-refractivity contribution in [2.24, 2.45) is 5.92 Å². The molecule has 2 aromatic heterocycles. The van der Waals surface area contributed by atoms with Gasteiger partial charge < -0.3 is 14.5 Å². The van der Waals surface area contributed by atoms with Gasteiger partial charge in [0.15, 0.2) is 0 Å². The first-order valence-electron chi connectivity index (χ1n) is 11.1. The van der Waals surface area contributed by atoms with Gasteiger partial charge in [-0.25, -0.2) is 4.98 Å². The molecule has 0 N–H and O–H groups in total. The van der Waals surface area contributed by atoms with E-state index < -0.39 is 0 Å². The predicted octanol–water partition coefficient (Wildman–Crippen LogP) is 4.14. The van der Waals surface area contributed by atoms with Gasteiger partial charge in [-0.2, -0.15) is 0 Å². The normalized spacial score (nSPS) is 15.5. The fourth-order valence-corrected chi connectivity index (χ4v) is 4.74. The van der Waals surface area contributed by atoms with Gasteiger partial charge in [0, 0.05) is 55.6 Å². The van der Waals surface area contributed by atoms with Gasteiger partial charge in [-0.3, -0.25) is 9.78 Å². The Morgan fingerprint density at radius 1 is 1.06 bits per heavy atom. The summed E-state index contributed by atoms with van der Waals surface area (Å²) in [6.07, 6.45) is 2.37. The summed E-state index contributed by atoms with van der Waals surface area (Å²) in [5.74, 6) is 1.27. The van der Waals surface area contributed by atoms with Crippen LogP contribution in [-0.2, 0) is 17.9 Å². The number of carbonyl (C=O) groups excluding carboxylic acids is 1. The van der Waals surface area contributed by atoms with E-state index in [1.54, 1.807) is 13.3 Å². The molecule has 32 heavy (non-hydrogen) atoms. The first-order valence-corrected chi connectivity index (χ1v) is 11.1. The van der Waals surface area contributed by atoms with Crippen molar-refractivity contribution >= 4 is 11.6 Å². The molecule has 6 nitrogen and oxygen atoms in total. The first kappa shape index (κ1) is 20.5. The van der Waals surface area contributed by atoms with Gasteiger partial charge in [0.1, 0.15) is 0 Å². The molecule has 4 heterocycles. The van der Waals surface area contributed by atoms with Gasteiger partial charge in [0.2, 0.25) is 11.8 Å². The Bertz CT molecular complexity index is 1150. The summed E-state index contributed by atoms with van der Waals surface area (Å²) in [6, 6.07) is 14.6. The minimum absolute atomic E-state index is 0.242. The van der Waals surface area contributed by atoms with Gasteiger partial charge >= 0.3 is 0 Å². The summed E-state index contributed by atoms with van der Waals surface area (Å²) in [5.41, 5.74) is 7.98. The molecule has 1 amide bonds. The third-order valence-corrected chi connectivity index (χ3v) is 6.53. The number of aryl methyl sites for hydroxylation is 2. The fraction of sp³-hybridized carbons (Fsp3) is 0.346. The molecule has 0 bridgehead atoms. The summed E-state index contributed by atoms with van der Waals surface area (Å²) in [4.78, 5) is 26.0. The van der Waals surface area contributed by atoms with Crippen LogP contribution in [0, 0.1) is 19.8 Å². The average molecular weight is 429 g/mol. The summed E-state index contributed by atoms with van der Waals surface area (Å²) in [6.45, 7) is 7.32. The van der Waals surface area contributed by atoms with Crippen LogP contribution in [0.25, 0.3) is 11.1 Å². The molecule has 0 spiro atoms. The van der Waals surface area contributed by atoms with Crippen molar-refractivity contribution in [3.63, 3.8) is 0 Å². The standard InChI is InChI=1S/C26H28N4O2/c1-17-10-18(2)28-24-16-30(15-23(17)24)26(31)11-19-13-29(14-19)22-6-4-20(5-7-22)21-8-9-27-25(12-21)32-3/h4-10,12,19H,11,13-16H2,1-3H3. The Kier molecular flexibility index (Phi) is 5.29. The van der Waals surface area contributed by atoms with Crippen LogP contribution in [-0.4, -0.2) is 41.0 Å². The molecule has 3 aromatic rings. The van der Waals surface area contributed by atoms with Gasteiger partial charge in [-0.05, 0) is 60.4 Å². The maximum atomic E-state index is 12.9. The Hall–Kier alpha value is -3.41. The van der Waals surface area contributed by atoms with E-state index in [0.29, 0.717) is 31.3 Å². The van der Waals surface area contributed by atoms with Crippen LogP contribution in [0.1, 0.15) is 28.9 Å². The predicted molar refractivity (Wildman–Crippen MR) is 125 cm³/mol. The van der Waals surface area contributed by atoms with E-state index in [4.69, 9.17) is 4.74 Å². The molecule has 1 aromatic carbocycles. The Morgan fingerprint density at radius 3 is 2.59 bits per heavy atom. The van der Waals surface area contributed by atoms with Crippen molar-refractivity contribution in [3.8, 4) is 17.0 Å². The molecule has 0 radical (unpaired) electrons. The molecule has 2 aliphatic heterocycles. The SMILES string of the molecule is COc1cc(-c2ccc(N3CC(CC(=O)N4Cc5nc(C)cc(C)c5C4)C3)cc2)ccn1. The first-order chi connectivity index (χ1) is 15.5. The Balaban J connectivity index is 1.15. The summed E-state index contributed by atoms with van der Waals surface area (Å²) in [7, 11) is 1.63. The van der Waals surface area contributed by atoms with Gasteiger partial charge in [-0.1, -0.05) is 12.1 Å². The second-order valence-corrected chi connectivity index (χ2v) is 8.86. The highest BCUT2D eigenvalue weighted by atomic mass is 16.5. The molecule has 0 saturated carbocycles. The van der Waals surface area contributed by atoms with Gasteiger partial charge in [0.05, 0.1) is 19.3 Å². The number of fused-ring (bicyclic) bond motifs is 1. The number of amides is 1. The summed E-state index contributed by atoms with van der Waals surface area (Å²) >= 11 is 0. The number of rotatable bonds is 5. The second-order valence-electron chi connectivity index (χ2n) is 8.86. The highest BCUT2D eigenvalue weighted by molar-refractivity contribution is 5.78. The molecule has 164 valence electrons. The lowest BCUT2D eigenvalue weighted by atomic mass is 9.94. The molecule has 0 unspecified atom stereocenters. The lowest BCUT2D eigenvalue weighted by molar-refractivity contribution is -0.133. The Labute approximate surface area is 188 Å². The largest absolute Gasteiger partial charge is 0.481 e. The number of benzene rings is 1. The summed E-state index contributed by atoms with van der Waals surface area (Å²) < 4.78 is 5.22. The van der Waals surface area contributed by atoms with E-state index >= 15 is 0 Å². The topological polar surface area (TPSA) is 58.6 Å². The monoisotopic (exact) mass is 428 g/mol. The van der Waals surface area contributed by atoms with Gasteiger partial charge in [0.25, 0.3) is 0 Å². The van der Waals surface area contributed by atoms with E-state index in [9.17, 15) is 4.79 Å². The van der Waals surface area contributed by atoms with Crippen molar-refractivity contribution in [1.82, 2.24) is 14.9 Å². The van der Waals surface area contributed by atoms with Crippen molar-refractivity contribution in [3.05, 3.63) is 71.2 Å². The highest BCUT2D eigenvalue weighted by Crippen LogP contribution is 2.31. The lowest BCUT2D eigenvalue weighted by Crippen LogP contribution is -2.48. The van der Waals surface area contributed by atoms with Crippen LogP contribution in [0.3, 0.4) is 0 Å². The van der Waals surface area contributed by atoms with Crippen molar-refractivity contribution < 1.29 is 9.53 Å². The number of methoxy groups -OCH3 is 1. The van der Waals surface area contributed by atoms with E-state index in [1.807, 2.05) is 24.0 Å². The van der Waals surface area contributed by atoms with Crippen LogP contribution in [0.2, 0.25) is 0 Å². The third-order valence-electron chi connectivity index (χ3n) is 6.53. The maximum absolute atomic E-state index is 12.9. The molecule has 1 fully saturated rings. The van der Waals surface area contributed by atoms with E-state index in [-0.39, 0.29) is 5.91 Å². The third kappa shape index (κ3) is 3.93. The minimum atomic E-state index is 0.242.